The number of aromatic nitrogens is 3. The lowest BCUT2D eigenvalue weighted by Crippen LogP contribution is -2.44. The molecule has 24 heavy (non-hydrogen) atoms. The Hall–Kier alpha value is -1.73. The van der Waals surface area contributed by atoms with E-state index in [2.05, 4.69) is 65.2 Å². The van der Waals surface area contributed by atoms with Crippen molar-refractivity contribution in [2.45, 2.75) is 18.9 Å². The first-order valence-electron chi connectivity index (χ1n) is 8.00. The number of pyridine rings is 1. The highest BCUT2D eigenvalue weighted by atomic mass is 79.9. The van der Waals surface area contributed by atoms with Crippen LogP contribution in [0.2, 0.25) is 0 Å². The Balaban J connectivity index is 1.47. The summed E-state index contributed by atoms with van der Waals surface area (Å²) in [6.07, 6.45) is 7.73. The van der Waals surface area contributed by atoms with Crippen LogP contribution in [0.25, 0.3) is 10.2 Å². The lowest BCUT2D eigenvalue weighted by atomic mass is 10.0. The van der Waals surface area contributed by atoms with E-state index in [1.54, 1.807) is 23.7 Å². The summed E-state index contributed by atoms with van der Waals surface area (Å²) < 4.78 is 2.20. The molecule has 4 rings (SSSR count). The molecule has 5 nitrogen and oxygen atoms in total. The minimum absolute atomic E-state index is 0.475. The number of fused-ring (bicyclic) bond motifs is 1. The molecule has 7 heteroatoms. The molecule has 4 heterocycles. The van der Waals surface area contributed by atoms with E-state index in [9.17, 15) is 0 Å². The van der Waals surface area contributed by atoms with Gasteiger partial charge in [0.15, 0.2) is 0 Å². The van der Waals surface area contributed by atoms with Gasteiger partial charge in [0.2, 0.25) is 5.95 Å². The average Bonchev–Trinajstić information content (AvgIpc) is 3.11. The molecule has 1 aliphatic rings. The molecule has 0 bridgehead atoms. The predicted octanol–water partition coefficient (Wildman–Crippen LogP) is 3.95. The van der Waals surface area contributed by atoms with Crippen molar-refractivity contribution in [2.24, 2.45) is 0 Å². The zero-order valence-electron chi connectivity index (χ0n) is 13.4. The van der Waals surface area contributed by atoms with Crippen LogP contribution in [0.15, 0.2) is 40.6 Å². The number of hydrogen-bond donors (Lipinski definition) is 0. The molecule has 1 saturated heterocycles. The van der Waals surface area contributed by atoms with Gasteiger partial charge in [-0.1, -0.05) is 0 Å². The second-order valence-corrected chi connectivity index (χ2v) is 7.83. The van der Waals surface area contributed by atoms with Crippen molar-refractivity contribution in [1.82, 2.24) is 15.0 Å². The van der Waals surface area contributed by atoms with Crippen molar-refractivity contribution >= 4 is 49.1 Å². The van der Waals surface area contributed by atoms with Crippen LogP contribution in [-0.4, -0.2) is 41.1 Å². The van der Waals surface area contributed by atoms with Crippen molar-refractivity contribution in [3.63, 3.8) is 0 Å². The minimum Gasteiger partial charge on any atom is -0.370 e. The maximum absolute atomic E-state index is 4.44. The van der Waals surface area contributed by atoms with E-state index in [-0.39, 0.29) is 0 Å². The molecule has 0 atom stereocenters. The molecule has 0 unspecified atom stereocenters. The zero-order chi connectivity index (χ0) is 16.5. The Morgan fingerprint density at radius 1 is 1.17 bits per heavy atom. The number of halogens is 1. The topological polar surface area (TPSA) is 45.2 Å². The normalized spacial score (nSPS) is 15.8. The molecule has 0 saturated carbocycles. The summed E-state index contributed by atoms with van der Waals surface area (Å²) in [6, 6.07) is 4.71. The summed E-state index contributed by atoms with van der Waals surface area (Å²) in [5.41, 5.74) is 2.41. The molecule has 0 N–H and O–H groups in total. The fourth-order valence-electron chi connectivity index (χ4n) is 3.25. The Kier molecular flexibility index (Phi) is 4.37. The fourth-order valence-corrected chi connectivity index (χ4v) is 4.35. The Morgan fingerprint density at radius 2 is 1.92 bits per heavy atom. The number of hydrogen-bond acceptors (Lipinski definition) is 6. The van der Waals surface area contributed by atoms with Crippen LogP contribution in [0.1, 0.15) is 12.8 Å². The van der Waals surface area contributed by atoms with Gasteiger partial charge < -0.3 is 9.80 Å². The summed E-state index contributed by atoms with van der Waals surface area (Å²) >= 11 is 5.16. The Bertz CT molecular complexity index is 826. The van der Waals surface area contributed by atoms with Crippen LogP contribution >= 0.6 is 27.3 Å². The molecule has 3 aromatic heterocycles. The van der Waals surface area contributed by atoms with Crippen molar-refractivity contribution < 1.29 is 0 Å². The number of rotatable bonds is 3. The number of thiophene rings is 1. The second kappa shape index (κ2) is 6.64. The second-order valence-electron chi connectivity index (χ2n) is 6.00. The molecule has 0 aliphatic carbocycles. The molecule has 0 spiro atoms. The summed E-state index contributed by atoms with van der Waals surface area (Å²) in [4.78, 5) is 18.0. The quantitative estimate of drug-likeness (QED) is 0.662. The summed E-state index contributed by atoms with van der Waals surface area (Å²) in [5, 5.41) is 2.12. The van der Waals surface area contributed by atoms with Crippen LogP contribution in [-0.2, 0) is 0 Å². The molecule has 0 aromatic carbocycles. The molecule has 1 aliphatic heterocycles. The van der Waals surface area contributed by atoms with E-state index in [0.29, 0.717) is 6.04 Å². The van der Waals surface area contributed by atoms with E-state index in [1.165, 1.54) is 10.4 Å². The average molecular weight is 404 g/mol. The van der Waals surface area contributed by atoms with Gasteiger partial charge in [-0.05, 0) is 46.3 Å². The summed E-state index contributed by atoms with van der Waals surface area (Å²) in [6.45, 7) is 2.09. The van der Waals surface area contributed by atoms with E-state index < -0.39 is 0 Å². The third kappa shape index (κ3) is 2.98. The third-order valence-corrected chi connectivity index (χ3v) is 5.93. The molecule has 3 aromatic rings. The zero-order valence-corrected chi connectivity index (χ0v) is 15.8. The van der Waals surface area contributed by atoms with Crippen molar-refractivity contribution in [3.05, 3.63) is 40.6 Å². The third-order valence-electron chi connectivity index (χ3n) is 4.60. The standard InChI is InChI=1S/C17H18BrN5S/c1-22(17-20-10-12(18)11-21-17)13-3-7-23(8-4-13)15-2-6-19-14-5-9-24-16(14)15/h2,5-6,9-11,13H,3-4,7-8H2,1H3. The lowest BCUT2D eigenvalue weighted by molar-refractivity contribution is 0.478. The van der Waals surface area contributed by atoms with Crippen molar-refractivity contribution in [3.8, 4) is 0 Å². The smallest absolute Gasteiger partial charge is 0.225 e. The fraction of sp³-hybridized carbons (Fsp3) is 0.353. The first-order chi connectivity index (χ1) is 11.7. The highest BCUT2D eigenvalue weighted by Gasteiger charge is 2.25. The van der Waals surface area contributed by atoms with Crippen LogP contribution in [0.4, 0.5) is 11.6 Å². The van der Waals surface area contributed by atoms with Gasteiger partial charge in [0, 0.05) is 44.8 Å². The monoisotopic (exact) mass is 403 g/mol. The molecule has 0 radical (unpaired) electrons. The maximum atomic E-state index is 4.44. The van der Waals surface area contributed by atoms with Crippen LogP contribution in [0.5, 0.6) is 0 Å². The highest BCUT2D eigenvalue weighted by molar-refractivity contribution is 9.10. The van der Waals surface area contributed by atoms with E-state index >= 15 is 0 Å². The number of nitrogens with zero attached hydrogens (tertiary/aromatic N) is 5. The molecular formula is C17H18BrN5S. The lowest BCUT2D eigenvalue weighted by Gasteiger charge is -2.37. The van der Waals surface area contributed by atoms with E-state index in [4.69, 9.17) is 0 Å². The van der Waals surface area contributed by atoms with Gasteiger partial charge in [-0.25, -0.2) is 9.97 Å². The van der Waals surface area contributed by atoms with Gasteiger partial charge in [0.25, 0.3) is 0 Å². The predicted molar refractivity (Wildman–Crippen MR) is 103 cm³/mol. The Labute approximate surface area is 153 Å². The van der Waals surface area contributed by atoms with Gasteiger partial charge in [-0.2, -0.15) is 0 Å². The van der Waals surface area contributed by atoms with Gasteiger partial charge in [0.1, 0.15) is 0 Å². The maximum Gasteiger partial charge on any atom is 0.225 e. The van der Waals surface area contributed by atoms with Crippen LogP contribution < -0.4 is 9.80 Å². The SMILES string of the molecule is CN(c1ncc(Br)cn1)C1CCN(c2ccnc3ccsc23)CC1. The molecule has 124 valence electrons. The van der Waals surface area contributed by atoms with Crippen LogP contribution in [0.3, 0.4) is 0 Å². The van der Waals surface area contributed by atoms with Gasteiger partial charge in [-0.15, -0.1) is 11.3 Å². The summed E-state index contributed by atoms with van der Waals surface area (Å²) in [7, 11) is 2.09. The molecular weight excluding hydrogens is 386 g/mol. The number of piperidine rings is 1. The van der Waals surface area contributed by atoms with Crippen molar-refractivity contribution in [1.29, 1.82) is 0 Å². The van der Waals surface area contributed by atoms with Gasteiger partial charge in [0.05, 0.1) is 20.4 Å². The van der Waals surface area contributed by atoms with Gasteiger partial charge in [-0.3, -0.25) is 4.98 Å². The van der Waals surface area contributed by atoms with E-state index in [0.717, 1.165) is 41.9 Å². The Morgan fingerprint density at radius 3 is 2.67 bits per heavy atom. The van der Waals surface area contributed by atoms with Gasteiger partial charge >= 0.3 is 0 Å². The van der Waals surface area contributed by atoms with Crippen molar-refractivity contribution in [2.75, 3.05) is 29.9 Å². The first kappa shape index (κ1) is 15.8. The largest absolute Gasteiger partial charge is 0.370 e. The highest BCUT2D eigenvalue weighted by Crippen LogP contribution is 2.32. The first-order valence-corrected chi connectivity index (χ1v) is 9.67. The van der Waals surface area contributed by atoms with E-state index in [1.807, 2.05) is 6.20 Å². The molecule has 0 amide bonds. The summed E-state index contributed by atoms with van der Waals surface area (Å²) in [5.74, 6) is 0.793. The van der Waals surface area contributed by atoms with Crippen LogP contribution in [0, 0.1) is 0 Å². The minimum atomic E-state index is 0.475. The number of anilines is 2. The molecule has 1 fully saturated rings.